The Morgan fingerprint density at radius 1 is 1.06 bits per heavy atom. The minimum Gasteiger partial charge on any atom is -0.493 e. The van der Waals surface area contributed by atoms with Gasteiger partial charge in [0.15, 0.2) is 17.3 Å². The molecule has 0 unspecified atom stereocenters. The number of nitrogens with two attached hydrogens (primary N) is 1. The van der Waals surface area contributed by atoms with Gasteiger partial charge in [-0.3, -0.25) is 4.79 Å². The number of hydrogen-bond acceptors (Lipinski definition) is 9. The third-order valence-corrected chi connectivity index (χ3v) is 5.63. The van der Waals surface area contributed by atoms with Crippen molar-refractivity contribution in [2.75, 3.05) is 44.5 Å². The Hall–Kier alpha value is -3.62. The second-order valence-electron chi connectivity index (χ2n) is 7.55. The fourth-order valence-corrected chi connectivity index (χ4v) is 3.98. The van der Waals surface area contributed by atoms with Crippen LogP contribution in [0, 0.1) is 5.92 Å². The average Bonchev–Trinajstić information content (AvgIpc) is 2.83. The monoisotopic (exact) mass is 437 g/mol. The van der Waals surface area contributed by atoms with E-state index in [1.54, 1.807) is 14.2 Å². The summed E-state index contributed by atoms with van der Waals surface area (Å²) in [6.45, 7) is 3.55. The van der Waals surface area contributed by atoms with Crippen LogP contribution < -0.4 is 20.1 Å². The molecule has 2 N–H and O–H groups in total. The number of benzene rings is 1. The van der Waals surface area contributed by atoms with Crippen LogP contribution in [-0.4, -0.2) is 54.8 Å². The number of rotatable bonds is 6. The molecule has 3 heterocycles. The van der Waals surface area contributed by atoms with Gasteiger partial charge in [-0.1, -0.05) is 0 Å². The van der Waals surface area contributed by atoms with Crippen LogP contribution in [0.5, 0.6) is 11.5 Å². The highest BCUT2D eigenvalue weighted by Crippen LogP contribution is 2.34. The van der Waals surface area contributed by atoms with Gasteiger partial charge in [0.1, 0.15) is 5.52 Å². The maximum atomic E-state index is 12.1. The van der Waals surface area contributed by atoms with Gasteiger partial charge in [0.2, 0.25) is 5.95 Å². The Bertz CT molecular complexity index is 1130. The van der Waals surface area contributed by atoms with Crippen molar-refractivity contribution in [2.24, 2.45) is 5.92 Å². The summed E-state index contributed by atoms with van der Waals surface area (Å²) in [7, 11) is 3.20. The third kappa shape index (κ3) is 4.23. The SMILES string of the molecule is CCOC(=O)C1CCN(c2nc(N)nc3ccc(-c4ccc(OC)c(OC)c4)nc23)CC1. The molecule has 168 valence electrons. The van der Waals surface area contributed by atoms with E-state index < -0.39 is 0 Å². The van der Waals surface area contributed by atoms with E-state index in [-0.39, 0.29) is 17.8 Å². The number of carbonyl (C=O) groups is 1. The molecule has 9 heteroatoms. The lowest BCUT2D eigenvalue weighted by Crippen LogP contribution is -2.37. The Balaban J connectivity index is 1.68. The first-order valence-electron chi connectivity index (χ1n) is 10.6. The van der Waals surface area contributed by atoms with Crippen molar-refractivity contribution < 1.29 is 19.0 Å². The summed E-state index contributed by atoms with van der Waals surface area (Å²) in [5.41, 5.74) is 8.96. The van der Waals surface area contributed by atoms with E-state index in [9.17, 15) is 4.79 Å². The van der Waals surface area contributed by atoms with Crippen LogP contribution in [0.15, 0.2) is 30.3 Å². The lowest BCUT2D eigenvalue weighted by Gasteiger charge is -2.32. The summed E-state index contributed by atoms with van der Waals surface area (Å²) in [6, 6.07) is 9.45. The molecule has 1 fully saturated rings. The van der Waals surface area contributed by atoms with Crippen LogP contribution in [0.3, 0.4) is 0 Å². The van der Waals surface area contributed by atoms with E-state index in [0.717, 1.165) is 11.3 Å². The van der Waals surface area contributed by atoms with Gasteiger partial charge in [-0.05, 0) is 50.1 Å². The maximum Gasteiger partial charge on any atom is 0.309 e. The zero-order chi connectivity index (χ0) is 22.7. The third-order valence-electron chi connectivity index (χ3n) is 5.63. The maximum absolute atomic E-state index is 12.1. The molecule has 0 radical (unpaired) electrons. The number of fused-ring (bicyclic) bond motifs is 1. The van der Waals surface area contributed by atoms with Crippen molar-refractivity contribution in [2.45, 2.75) is 19.8 Å². The molecular weight excluding hydrogens is 410 g/mol. The fraction of sp³-hybridized carbons (Fsp3) is 0.391. The highest BCUT2D eigenvalue weighted by atomic mass is 16.5. The molecule has 1 aliphatic heterocycles. The second-order valence-corrected chi connectivity index (χ2v) is 7.55. The smallest absolute Gasteiger partial charge is 0.309 e. The van der Waals surface area contributed by atoms with E-state index >= 15 is 0 Å². The Morgan fingerprint density at radius 2 is 1.81 bits per heavy atom. The first-order chi connectivity index (χ1) is 15.5. The molecule has 0 amide bonds. The highest BCUT2D eigenvalue weighted by molar-refractivity contribution is 5.89. The van der Waals surface area contributed by atoms with Gasteiger partial charge in [-0.15, -0.1) is 0 Å². The van der Waals surface area contributed by atoms with Gasteiger partial charge < -0.3 is 24.8 Å². The molecule has 0 bridgehead atoms. The normalized spacial score (nSPS) is 14.4. The topological polar surface area (TPSA) is 113 Å². The van der Waals surface area contributed by atoms with Crippen LogP contribution in [0.1, 0.15) is 19.8 Å². The number of ether oxygens (including phenoxy) is 3. The zero-order valence-electron chi connectivity index (χ0n) is 18.5. The number of nitrogens with zero attached hydrogens (tertiary/aromatic N) is 4. The van der Waals surface area contributed by atoms with Crippen LogP contribution in [0.4, 0.5) is 11.8 Å². The van der Waals surface area contributed by atoms with Crippen LogP contribution in [-0.2, 0) is 9.53 Å². The molecule has 0 saturated carbocycles. The molecule has 1 aromatic carbocycles. The first-order valence-corrected chi connectivity index (χ1v) is 10.6. The molecule has 9 nitrogen and oxygen atoms in total. The number of piperidine rings is 1. The van der Waals surface area contributed by atoms with Gasteiger partial charge in [0.25, 0.3) is 0 Å². The average molecular weight is 438 g/mol. The lowest BCUT2D eigenvalue weighted by molar-refractivity contribution is -0.148. The quantitative estimate of drug-likeness (QED) is 0.581. The number of methoxy groups -OCH3 is 2. The molecule has 1 aliphatic rings. The van der Waals surface area contributed by atoms with Crippen LogP contribution in [0.2, 0.25) is 0 Å². The van der Waals surface area contributed by atoms with E-state index in [4.69, 9.17) is 24.9 Å². The van der Waals surface area contributed by atoms with Crippen molar-refractivity contribution in [3.8, 4) is 22.8 Å². The predicted octanol–water partition coefficient (Wildman–Crippen LogP) is 3.07. The molecule has 0 spiro atoms. The Labute approximate surface area is 186 Å². The summed E-state index contributed by atoms with van der Waals surface area (Å²) in [4.78, 5) is 27.9. The van der Waals surface area contributed by atoms with Crippen molar-refractivity contribution in [3.63, 3.8) is 0 Å². The number of anilines is 2. The summed E-state index contributed by atoms with van der Waals surface area (Å²) < 4.78 is 15.9. The molecule has 0 aliphatic carbocycles. The Morgan fingerprint density at radius 3 is 2.50 bits per heavy atom. The Kier molecular flexibility index (Phi) is 6.25. The van der Waals surface area contributed by atoms with Crippen molar-refractivity contribution in [1.82, 2.24) is 15.0 Å². The largest absolute Gasteiger partial charge is 0.493 e. The molecule has 3 aromatic rings. The highest BCUT2D eigenvalue weighted by Gasteiger charge is 2.28. The van der Waals surface area contributed by atoms with Crippen molar-refractivity contribution >= 4 is 28.8 Å². The van der Waals surface area contributed by atoms with Crippen LogP contribution in [0.25, 0.3) is 22.3 Å². The summed E-state index contributed by atoms with van der Waals surface area (Å²) in [5.74, 6) is 1.93. The summed E-state index contributed by atoms with van der Waals surface area (Å²) in [5, 5.41) is 0. The number of aromatic nitrogens is 3. The van der Waals surface area contributed by atoms with Gasteiger partial charge in [0, 0.05) is 18.7 Å². The van der Waals surface area contributed by atoms with E-state index in [2.05, 4.69) is 14.9 Å². The number of hydrogen-bond donors (Lipinski definition) is 1. The molecule has 0 atom stereocenters. The van der Waals surface area contributed by atoms with E-state index in [0.29, 0.717) is 60.9 Å². The van der Waals surface area contributed by atoms with Crippen LogP contribution >= 0.6 is 0 Å². The predicted molar refractivity (Wildman–Crippen MR) is 122 cm³/mol. The minimum absolute atomic E-state index is 0.0908. The van der Waals surface area contributed by atoms with Crippen molar-refractivity contribution in [3.05, 3.63) is 30.3 Å². The van der Waals surface area contributed by atoms with Gasteiger partial charge in [-0.25, -0.2) is 9.97 Å². The van der Waals surface area contributed by atoms with Gasteiger partial charge in [0.05, 0.1) is 38.0 Å². The molecule has 2 aromatic heterocycles. The number of esters is 1. The first kappa shape index (κ1) is 21.6. The lowest BCUT2D eigenvalue weighted by atomic mass is 9.97. The number of pyridine rings is 1. The molecular formula is C23H27N5O4. The number of carbonyl (C=O) groups excluding carboxylic acids is 1. The zero-order valence-corrected chi connectivity index (χ0v) is 18.5. The standard InChI is InChI=1S/C23H27N5O4/c1-4-32-22(29)14-9-11-28(12-10-14)21-20-17(26-23(24)27-21)7-6-16(25-20)15-5-8-18(30-2)19(13-15)31-3/h5-8,13-14H,4,9-12H2,1-3H3,(H2,24,26,27). The van der Waals surface area contributed by atoms with E-state index in [1.807, 2.05) is 37.3 Å². The van der Waals surface area contributed by atoms with Crippen molar-refractivity contribution in [1.29, 1.82) is 0 Å². The second kappa shape index (κ2) is 9.25. The molecule has 4 rings (SSSR count). The minimum atomic E-state index is -0.131. The van der Waals surface area contributed by atoms with Gasteiger partial charge in [-0.2, -0.15) is 4.98 Å². The summed E-state index contributed by atoms with van der Waals surface area (Å²) >= 11 is 0. The fourth-order valence-electron chi connectivity index (χ4n) is 3.98. The molecule has 1 saturated heterocycles. The van der Waals surface area contributed by atoms with Gasteiger partial charge >= 0.3 is 5.97 Å². The summed E-state index contributed by atoms with van der Waals surface area (Å²) in [6.07, 6.45) is 1.39. The van der Waals surface area contributed by atoms with E-state index in [1.165, 1.54) is 0 Å². The number of nitrogen functional groups attached to an aromatic ring is 1. The molecule has 32 heavy (non-hydrogen) atoms.